The van der Waals surface area contributed by atoms with Crippen molar-refractivity contribution in [1.82, 2.24) is 0 Å². The van der Waals surface area contributed by atoms with Crippen LogP contribution >= 0.6 is 11.6 Å². The maximum atomic E-state index is 8.91. The van der Waals surface area contributed by atoms with Crippen LogP contribution in [0.15, 0.2) is 23.3 Å². The van der Waals surface area contributed by atoms with Crippen LogP contribution in [0.1, 0.15) is 26.2 Å². The van der Waals surface area contributed by atoms with Crippen molar-refractivity contribution in [2.75, 3.05) is 16.9 Å². The van der Waals surface area contributed by atoms with E-state index in [0.717, 1.165) is 25.1 Å². The Balaban J connectivity index is 2.32. The Bertz CT molecular complexity index is 633. The molecule has 0 saturated carbocycles. The van der Waals surface area contributed by atoms with Crippen molar-refractivity contribution in [3.05, 3.63) is 23.2 Å². The van der Waals surface area contributed by atoms with Gasteiger partial charge < -0.3 is 10.6 Å². The van der Waals surface area contributed by atoms with Crippen LogP contribution in [0.3, 0.4) is 0 Å². The molecular weight excluding hydrogens is 300 g/mol. The number of amidine groups is 1. The number of anilines is 2. The number of hydrogen-bond donors (Lipinski definition) is 3. The van der Waals surface area contributed by atoms with E-state index < -0.39 is 0 Å². The predicted molar refractivity (Wildman–Crippen MR) is 90.7 cm³/mol. The average molecular weight is 319 g/mol. The molecule has 0 aliphatic carbocycles. The van der Waals surface area contributed by atoms with E-state index in [1.54, 1.807) is 12.1 Å². The van der Waals surface area contributed by atoms with Crippen molar-refractivity contribution in [1.29, 1.82) is 10.7 Å². The quantitative estimate of drug-likeness (QED) is 0.451. The summed E-state index contributed by atoms with van der Waals surface area (Å²) in [6, 6.07) is 7.76. The van der Waals surface area contributed by atoms with Crippen molar-refractivity contribution in [3.8, 4) is 6.07 Å². The van der Waals surface area contributed by atoms with Gasteiger partial charge in [0.25, 0.3) is 0 Å². The van der Waals surface area contributed by atoms with E-state index in [1.165, 1.54) is 6.42 Å². The van der Waals surface area contributed by atoms with Gasteiger partial charge in [-0.15, -0.1) is 0 Å². The Hall–Kier alpha value is -2.26. The van der Waals surface area contributed by atoms with Crippen LogP contribution in [0.2, 0.25) is 5.02 Å². The molecule has 1 aromatic rings. The summed E-state index contributed by atoms with van der Waals surface area (Å²) in [5, 5.41) is 20.7. The molecule has 1 fully saturated rings. The van der Waals surface area contributed by atoms with E-state index in [2.05, 4.69) is 22.4 Å². The van der Waals surface area contributed by atoms with Gasteiger partial charge in [-0.3, -0.25) is 10.8 Å². The molecule has 116 valence electrons. The van der Waals surface area contributed by atoms with Crippen molar-refractivity contribution in [3.63, 3.8) is 0 Å². The highest BCUT2D eigenvalue weighted by atomic mass is 35.5. The molecule has 1 aliphatic heterocycles. The first-order valence-electron chi connectivity index (χ1n) is 7.17. The number of rotatable bonds is 4. The number of halogens is 1. The summed E-state index contributed by atoms with van der Waals surface area (Å²) in [5.74, 6) is -0.370. The van der Waals surface area contributed by atoms with Crippen molar-refractivity contribution >= 4 is 34.5 Å². The molecule has 0 spiro atoms. The zero-order valence-corrected chi connectivity index (χ0v) is 13.2. The summed E-state index contributed by atoms with van der Waals surface area (Å²) in [7, 11) is 0. The minimum Gasteiger partial charge on any atom is -0.382 e. The number of nitrogens with zero attached hydrogens (tertiary/aromatic N) is 3. The van der Waals surface area contributed by atoms with E-state index in [9.17, 15) is 0 Å². The third kappa shape index (κ3) is 3.68. The third-order valence-corrected chi connectivity index (χ3v) is 3.96. The Morgan fingerprint density at radius 2 is 2.32 bits per heavy atom. The highest BCUT2D eigenvalue weighted by molar-refractivity contribution is 6.45. The highest BCUT2D eigenvalue weighted by Crippen LogP contribution is 2.33. The number of nitrogens with two attached hydrogens (primary N) is 1. The lowest BCUT2D eigenvalue weighted by atomic mass is 10.0. The molecule has 0 amide bonds. The number of hydrogen-bond acceptors (Lipinski definition) is 5. The van der Waals surface area contributed by atoms with Gasteiger partial charge in [-0.1, -0.05) is 11.6 Å². The number of nitrogens with one attached hydrogen (secondary N) is 2. The lowest BCUT2D eigenvalue weighted by Crippen LogP contribution is -2.37. The van der Waals surface area contributed by atoms with Gasteiger partial charge in [-0.2, -0.15) is 10.4 Å². The molecule has 1 aromatic carbocycles. The molecule has 1 atom stereocenters. The molecule has 1 unspecified atom stereocenters. The number of benzene rings is 1. The van der Waals surface area contributed by atoms with Gasteiger partial charge in [-0.25, -0.2) is 0 Å². The van der Waals surface area contributed by atoms with E-state index in [-0.39, 0.29) is 11.5 Å². The van der Waals surface area contributed by atoms with E-state index >= 15 is 0 Å². The third-order valence-electron chi connectivity index (χ3n) is 3.72. The predicted octanol–water partition coefficient (Wildman–Crippen LogP) is 2.95. The van der Waals surface area contributed by atoms with Gasteiger partial charge in [0.05, 0.1) is 11.4 Å². The molecule has 22 heavy (non-hydrogen) atoms. The molecule has 0 radical (unpaired) electrons. The van der Waals surface area contributed by atoms with Gasteiger partial charge in [0.2, 0.25) is 5.71 Å². The molecule has 1 aliphatic rings. The van der Waals surface area contributed by atoms with E-state index in [1.807, 2.05) is 12.1 Å². The average Bonchev–Trinajstić information content (AvgIpc) is 2.49. The molecule has 1 heterocycles. The van der Waals surface area contributed by atoms with Crippen LogP contribution in [0.25, 0.3) is 0 Å². The Morgan fingerprint density at radius 3 is 2.95 bits per heavy atom. The van der Waals surface area contributed by atoms with Gasteiger partial charge >= 0.3 is 0 Å². The summed E-state index contributed by atoms with van der Waals surface area (Å²) in [4.78, 5) is 2.30. The molecule has 4 N–H and O–H groups in total. The van der Waals surface area contributed by atoms with Gasteiger partial charge in [0.1, 0.15) is 6.07 Å². The lowest BCUT2D eigenvalue weighted by molar-refractivity contribution is 0.485. The largest absolute Gasteiger partial charge is 0.382 e. The van der Waals surface area contributed by atoms with Crippen LogP contribution in [0.5, 0.6) is 0 Å². The van der Waals surface area contributed by atoms with Crippen molar-refractivity contribution in [2.45, 2.75) is 32.2 Å². The zero-order valence-electron chi connectivity index (χ0n) is 12.4. The fourth-order valence-corrected chi connectivity index (χ4v) is 2.74. The number of hydrazone groups is 1. The van der Waals surface area contributed by atoms with Crippen molar-refractivity contribution in [2.24, 2.45) is 10.8 Å². The number of piperidine rings is 1. The Morgan fingerprint density at radius 1 is 1.55 bits per heavy atom. The van der Waals surface area contributed by atoms with Crippen molar-refractivity contribution < 1.29 is 0 Å². The standard InChI is InChI=1S/C15H19ClN6/c1-10-4-2-3-7-22(10)14-6-5-11(16)8-12(14)20-21-13(9-17)15(18)19/h5-6,8,10,20H,2-4,7H2,1H3,(H3,18,19)/b21-13+. The van der Waals surface area contributed by atoms with Gasteiger partial charge in [0, 0.05) is 17.6 Å². The maximum Gasteiger partial charge on any atom is 0.201 e. The molecule has 2 rings (SSSR count). The Labute approximate surface area is 135 Å². The molecule has 0 aromatic heterocycles. The zero-order chi connectivity index (χ0) is 16.1. The second kappa shape index (κ2) is 7.14. The molecule has 6 nitrogen and oxygen atoms in total. The summed E-state index contributed by atoms with van der Waals surface area (Å²) in [6.45, 7) is 3.16. The van der Waals surface area contributed by atoms with Crippen LogP contribution in [-0.2, 0) is 0 Å². The van der Waals surface area contributed by atoms with Crippen LogP contribution in [0.4, 0.5) is 11.4 Å². The molecular formula is C15H19ClN6. The summed E-state index contributed by atoms with van der Waals surface area (Å²) in [5.41, 5.74) is 9.66. The highest BCUT2D eigenvalue weighted by Gasteiger charge is 2.21. The first kappa shape index (κ1) is 16.1. The fourth-order valence-electron chi connectivity index (χ4n) is 2.57. The second-order valence-corrected chi connectivity index (χ2v) is 5.73. The fraction of sp³-hybridized carbons (Fsp3) is 0.400. The van der Waals surface area contributed by atoms with Crippen LogP contribution in [-0.4, -0.2) is 24.1 Å². The maximum absolute atomic E-state index is 8.91. The summed E-state index contributed by atoms with van der Waals surface area (Å²) < 4.78 is 0. The Kier molecular flexibility index (Phi) is 5.23. The first-order chi connectivity index (χ1) is 10.5. The minimum atomic E-state index is -0.370. The van der Waals surface area contributed by atoms with Crippen LogP contribution < -0.4 is 16.1 Å². The lowest BCUT2D eigenvalue weighted by Gasteiger charge is -2.36. The molecule has 1 saturated heterocycles. The normalized spacial score (nSPS) is 18.7. The smallest absolute Gasteiger partial charge is 0.201 e. The summed E-state index contributed by atoms with van der Waals surface area (Å²) >= 11 is 6.06. The molecule has 0 bridgehead atoms. The van der Waals surface area contributed by atoms with Gasteiger partial charge in [0.15, 0.2) is 5.84 Å². The van der Waals surface area contributed by atoms with E-state index in [4.69, 9.17) is 28.0 Å². The summed E-state index contributed by atoms with van der Waals surface area (Å²) in [6.07, 6.45) is 3.52. The SMILES string of the molecule is CC1CCCCN1c1ccc(Cl)cc1N/N=C(\C#N)C(=N)N. The first-order valence-corrected chi connectivity index (χ1v) is 7.55. The van der Waals surface area contributed by atoms with Crippen LogP contribution in [0, 0.1) is 16.7 Å². The minimum absolute atomic E-state index is 0.155. The number of nitriles is 1. The second-order valence-electron chi connectivity index (χ2n) is 5.30. The van der Waals surface area contributed by atoms with E-state index in [0.29, 0.717) is 16.8 Å². The topological polar surface area (TPSA) is 101 Å². The monoisotopic (exact) mass is 318 g/mol. The molecule has 7 heteroatoms. The van der Waals surface area contributed by atoms with Gasteiger partial charge in [-0.05, 0) is 44.4 Å².